The molecule has 25 heavy (non-hydrogen) atoms. The topological polar surface area (TPSA) is 75.4 Å². The maximum atomic E-state index is 13.4. The average Bonchev–Trinajstić information content (AvgIpc) is 2.93. The van der Waals surface area contributed by atoms with Crippen LogP contribution in [0.3, 0.4) is 0 Å². The number of nitrogens with zero attached hydrogens (tertiary/aromatic N) is 3. The summed E-state index contributed by atoms with van der Waals surface area (Å²) in [4.78, 5) is 2.22. The molecule has 0 saturated carbocycles. The van der Waals surface area contributed by atoms with Crippen LogP contribution in [0.1, 0.15) is 28.6 Å². The molecule has 1 aliphatic rings. The number of hydrogen-bond donors (Lipinski definition) is 1. The zero-order valence-electron chi connectivity index (χ0n) is 14.3. The first-order valence-corrected chi connectivity index (χ1v) is 10.2. The molecule has 1 N–H and O–H groups in total. The Bertz CT molecular complexity index is 879. The monoisotopic (exact) mass is 367 g/mol. The van der Waals surface area contributed by atoms with E-state index in [0.29, 0.717) is 30.9 Å². The Morgan fingerprint density at radius 3 is 2.76 bits per heavy atom. The summed E-state index contributed by atoms with van der Waals surface area (Å²) in [6.07, 6.45) is -0.0140. The van der Waals surface area contributed by atoms with Crippen LogP contribution in [0.15, 0.2) is 24.3 Å². The number of aryl methyl sites for hydroxylation is 1. The van der Waals surface area contributed by atoms with Crippen LogP contribution < -0.4 is 0 Å². The molecule has 0 unspecified atom stereocenters. The maximum absolute atomic E-state index is 13.4. The molecule has 136 valence electrons. The summed E-state index contributed by atoms with van der Waals surface area (Å²) >= 11 is 0. The van der Waals surface area contributed by atoms with E-state index < -0.39 is 15.9 Å². The van der Waals surface area contributed by atoms with Crippen LogP contribution in [0, 0.1) is 12.7 Å². The van der Waals surface area contributed by atoms with Crippen LogP contribution in [0.25, 0.3) is 0 Å². The number of halogens is 1. The maximum Gasteiger partial charge on any atom is 0.150 e. The van der Waals surface area contributed by atoms with Gasteiger partial charge in [-0.15, -0.1) is 0 Å². The first kappa shape index (κ1) is 18.0. The molecule has 0 amide bonds. The minimum Gasteiger partial charge on any atom is -0.386 e. The molecule has 1 atom stereocenters. The predicted octanol–water partition coefficient (Wildman–Crippen LogP) is 1.42. The van der Waals surface area contributed by atoms with Gasteiger partial charge in [-0.25, -0.2) is 12.8 Å². The van der Waals surface area contributed by atoms with Crippen molar-refractivity contribution in [3.63, 3.8) is 0 Å². The van der Waals surface area contributed by atoms with E-state index in [-0.39, 0.29) is 11.6 Å². The van der Waals surface area contributed by atoms with Crippen LogP contribution in [-0.4, -0.2) is 46.8 Å². The van der Waals surface area contributed by atoms with Crippen molar-refractivity contribution >= 4 is 9.84 Å². The van der Waals surface area contributed by atoms with Crippen LogP contribution >= 0.6 is 0 Å². The first-order valence-electron chi connectivity index (χ1n) is 8.11. The third kappa shape index (κ3) is 4.45. The smallest absolute Gasteiger partial charge is 0.150 e. The Morgan fingerprint density at radius 2 is 2.08 bits per heavy atom. The van der Waals surface area contributed by atoms with E-state index in [1.807, 2.05) is 10.7 Å². The van der Waals surface area contributed by atoms with E-state index in [4.69, 9.17) is 0 Å². The minimum atomic E-state index is -3.27. The number of aliphatic hydroxyl groups excluding tert-OH is 1. The van der Waals surface area contributed by atoms with Crippen molar-refractivity contribution in [1.82, 2.24) is 14.7 Å². The number of rotatable bonds is 5. The number of hydrogen-bond acceptors (Lipinski definition) is 5. The van der Waals surface area contributed by atoms with Gasteiger partial charge in [0.2, 0.25) is 0 Å². The van der Waals surface area contributed by atoms with E-state index in [0.717, 1.165) is 24.1 Å². The van der Waals surface area contributed by atoms with Crippen LogP contribution in [-0.2, 0) is 29.5 Å². The Labute approximate surface area is 146 Å². The molecule has 0 radical (unpaired) electrons. The zero-order chi connectivity index (χ0) is 18.2. The molecule has 2 aromatic rings. The number of fused-ring (bicyclic) bond motifs is 1. The molecule has 6 nitrogen and oxygen atoms in total. The molecule has 0 saturated heterocycles. The molecule has 0 fully saturated rings. The zero-order valence-corrected chi connectivity index (χ0v) is 15.1. The molecule has 1 aliphatic heterocycles. The lowest BCUT2D eigenvalue weighted by atomic mass is 10.1. The Kier molecular flexibility index (Phi) is 4.95. The van der Waals surface area contributed by atoms with Gasteiger partial charge in [-0.2, -0.15) is 5.10 Å². The predicted molar refractivity (Wildman–Crippen MR) is 92.1 cm³/mol. The van der Waals surface area contributed by atoms with E-state index >= 15 is 0 Å². The standard InChI is InChI=1S/C17H22FN3O3S/c1-12-7-13(3-4-15(12)18)9-20-5-6-21-14(10-20)8-16(19-21)17(22)11-25(2,23)24/h3-4,7-8,17,22H,5-6,9-11H2,1-2H3/t17-/m1/s1. The number of sulfone groups is 1. The van der Waals surface area contributed by atoms with E-state index in [1.54, 1.807) is 19.1 Å². The highest BCUT2D eigenvalue weighted by molar-refractivity contribution is 7.90. The third-order valence-corrected chi connectivity index (χ3v) is 5.25. The van der Waals surface area contributed by atoms with Crippen LogP contribution in [0.5, 0.6) is 0 Å². The molecule has 0 bridgehead atoms. The van der Waals surface area contributed by atoms with Crippen molar-refractivity contribution in [2.45, 2.75) is 32.7 Å². The van der Waals surface area contributed by atoms with Crippen molar-refractivity contribution in [3.8, 4) is 0 Å². The summed E-state index contributed by atoms with van der Waals surface area (Å²) in [6, 6.07) is 6.88. The Hall–Kier alpha value is -1.77. The van der Waals surface area contributed by atoms with E-state index in [1.165, 1.54) is 6.07 Å². The molecule has 1 aromatic heterocycles. The molecule has 2 heterocycles. The molecule has 8 heteroatoms. The third-order valence-electron chi connectivity index (χ3n) is 4.33. The van der Waals surface area contributed by atoms with Gasteiger partial charge in [-0.3, -0.25) is 9.58 Å². The van der Waals surface area contributed by atoms with Gasteiger partial charge in [0.1, 0.15) is 21.8 Å². The summed E-state index contributed by atoms with van der Waals surface area (Å²) in [5.74, 6) is -0.535. The second-order valence-electron chi connectivity index (χ2n) is 6.69. The van der Waals surface area contributed by atoms with Crippen LogP contribution in [0.4, 0.5) is 4.39 Å². The summed E-state index contributed by atoms with van der Waals surface area (Å²) in [5, 5.41) is 14.4. The van der Waals surface area contributed by atoms with Gasteiger partial charge >= 0.3 is 0 Å². The highest BCUT2D eigenvalue weighted by atomic mass is 32.2. The molecule has 0 aliphatic carbocycles. The normalized spacial score (nSPS) is 16.6. The SMILES string of the molecule is Cc1cc(CN2CCn3nc([C@H](O)CS(C)(=O)=O)cc3C2)ccc1F. The number of aromatic nitrogens is 2. The largest absolute Gasteiger partial charge is 0.386 e. The van der Waals surface area contributed by atoms with Gasteiger partial charge in [0.15, 0.2) is 0 Å². The highest BCUT2D eigenvalue weighted by Gasteiger charge is 2.23. The fraction of sp³-hybridized carbons (Fsp3) is 0.471. The minimum absolute atomic E-state index is 0.204. The van der Waals surface area contributed by atoms with Gasteiger partial charge < -0.3 is 5.11 Å². The molecule has 1 aromatic carbocycles. The van der Waals surface area contributed by atoms with Gasteiger partial charge in [-0.1, -0.05) is 12.1 Å². The summed E-state index contributed by atoms with van der Waals surface area (Å²) in [5.41, 5.74) is 3.00. The quantitative estimate of drug-likeness (QED) is 0.865. The summed E-state index contributed by atoms with van der Waals surface area (Å²) in [6.45, 7) is 4.55. The fourth-order valence-electron chi connectivity index (χ4n) is 3.08. The second kappa shape index (κ2) is 6.86. The van der Waals surface area contributed by atoms with E-state index in [9.17, 15) is 17.9 Å². The molecule has 0 spiro atoms. The summed E-state index contributed by atoms with van der Waals surface area (Å²) < 4.78 is 37.9. The summed E-state index contributed by atoms with van der Waals surface area (Å²) in [7, 11) is -3.27. The number of aliphatic hydroxyl groups is 1. The fourth-order valence-corrected chi connectivity index (χ4v) is 3.82. The van der Waals surface area contributed by atoms with Crippen molar-refractivity contribution in [3.05, 3.63) is 52.6 Å². The Morgan fingerprint density at radius 1 is 1.32 bits per heavy atom. The van der Waals surface area contributed by atoms with Gasteiger partial charge in [0, 0.05) is 25.9 Å². The second-order valence-corrected chi connectivity index (χ2v) is 8.87. The first-order chi connectivity index (χ1) is 11.7. The van der Waals surface area contributed by atoms with Crippen molar-refractivity contribution in [2.75, 3.05) is 18.6 Å². The average molecular weight is 367 g/mol. The lowest BCUT2D eigenvalue weighted by Crippen LogP contribution is -2.33. The van der Waals surface area contributed by atoms with Gasteiger partial charge in [0.05, 0.1) is 23.7 Å². The van der Waals surface area contributed by atoms with Crippen LogP contribution in [0.2, 0.25) is 0 Å². The molecule has 3 rings (SSSR count). The van der Waals surface area contributed by atoms with Crippen molar-refractivity contribution in [2.24, 2.45) is 0 Å². The van der Waals surface area contributed by atoms with Crippen molar-refractivity contribution < 1.29 is 17.9 Å². The molecular formula is C17H22FN3O3S. The molecular weight excluding hydrogens is 345 g/mol. The van der Waals surface area contributed by atoms with Gasteiger partial charge in [-0.05, 0) is 30.2 Å². The van der Waals surface area contributed by atoms with Crippen molar-refractivity contribution in [1.29, 1.82) is 0 Å². The lowest BCUT2D eigenvalue weighted by molar-refractivity contribution is 0.191. The highest BCUT2D eigenvalue weighted by Crippen LogP contribution is 2.21. The lowest BCUT2D eigenvalue weighted by Gasteiger charge is -2.27. The number of benzene rings is 1. The Balaban J connectivity index is 1.70. The van der Waals surface area contributed by atoms with E-state index in [2.05, 4.69) is 10.00 Å². The van der Waals surface area contributed by atoms with Gasteiger partial charge in [0.25, 0.3) is 0 Å².